The number of para-hydroxylation sites is 2. The van der Waals surface area contributed by atoms with Gasteiger partial charge < -0.3 is 5.32 Å². The molecule has 0 saturated heterocycles. The van der Waals surface area contributed by atoms with E-state index in [9.17, 15) is 4.79 Å². The molecule has 0 aliphatic rings. The Hall–Kier alpha value is -2.76. The highest BCUT2D eigenvalue weighted by molar-refractivity contribution is 6.39. The summed E-state index contributed by atoms with van der Waals surface area (Å²) in [5, 5.41) is 4.23. The van der Waals surface area contributed by atoms with Gasteiger partial charge >= 0.3 is 0 Å². The smallest absolute Gasteiger partial charge is 0.242 e. The Labute approximate surface area is 161 Å². The fraction of sp³-hybridized carbons (Fsp3) is 0.0526. The van der Waals surface area contributed by atoms with E-state index in [2.05, 4.69) is 21.2 Å². The van der Waals surface area contributed by atoms with Gasteiger partial charge in [0.1, 0.15) is 5.82 Å². The lowest BCUT2D eigenvalue weighted by Crippen LogP contribution is -2.31. The normalized spacial score (nSPS) is 10.2. The van der Waals surface area contributed by atoms with Gasteiger partial charge in [0.05, 0.1) is 22.2 Å². The number of hydrazine groups is 1. The number of nitrogens with zero attached hydrogens (tertiary/aromatic N) is 1. The van der Waals surface area contributed by atoms with E-state index >= 15 is 0 Å². The SMILES string of the molecule is O=C(Cc1ccccc1Nc1c(Cl)cccc1Cl)NNc1ccccn1. The highest BCUT2D eigenvalue weighted by atomic mass is 35.5. The van der Waals surface area contributed by atoms with Crippen molar-refractivity contribution >= 4 is 46.3 Å². The molecule has 3 N–H and O–H groups in total. The van der Waals surface area contributed by atoms with Crippen LogP contribution in [0, 0.1) is 0 Å². The molecule has 26 heavy (non-hydrogen) atoms. The highest BCUT2D eigenvalue weighted by Crippen LogP contribution is 2.33. The van der Waals surface area contributed by atoms with Crippen molar-refractivity contribution in [3.63, 3.8) is 0 Å². The van der Waals surface area contributed by atoms with Crippen molar-refractivity contribution < 1.29 is 4.79 Å². The molecule has 1 heterocycles. The van der Waals surface area contributed by atoms with Crippen LogP contribution in [0.1, 0.15) is 5.56 Å². The van der Waals surface area contributed by atoms with Gasteiger partial charge in [-0.25, -0.2) is 4.98 Å². The average molecular weight is 387 g/mol. The van der Waals surface area contributed by atoms with Gasteiger partial charge in [0.2, 0.25) is 5.91 Å². The molecule has 0 saturated carbocycles. The highest BCUT2D eigenvalue weighted by Gasteiger charge is 2.11. The minimum atomic E-state index is -0.199. The summed E-state index contributed by atoms with van der Waals surface area (Å²) in [5.41, 5.74) is 7.58. The van der Waals surface area contributed by atoms with Crippen LogP contribution in [-0.4, -0.2) is 10.9 Å². The van der Waals surface area contributed by atoms with E-state index in [1.165, 1.54) is 0 Å². The number of pyridine rings is 1. The molecule has 0 unspecified atom stereocenters. The minimum Gasteiger partial charge on any atom is -0.353 e. The van der Waals surface area contributed by atoms with Crippen molar-refractivity contribution in [1.82, 2.24) is 10.4 Å². The Balaban J connectivity index is 1.70. The Kier molecular flexibility index (Phi) is 5.94. The lowest BCUT2D eigenvalue weighted by atomic mass is 10.1. The summed E-state index contributed by atoms with van der Waals surface area (Å²) < 4.78 is 0. The van der Waals surface area contributed by atoms with Gasteiger partial charge in [-0.1, -0.05) is 53.5 Å². The van der Waals surface area contributed by atoms with Gasteiger partial charge in [-0.05, 0) is 35.9 Å². The summed E-state index contributed by atoms with van der Waals surface area (Å²) in [5.74, 6) is 0.366. The van der Waals surface area contributed by atoms with Crippen LogP contribution in [0.5, 0.6) is 0 Å². The number of benzene rings is 2. The Morgan fingerprint density at radius 3 is 2.38 bits per heavy atom. The maximum atomic E-state index is 12.2. The molecule has 0 fully saturated rings. The van der Waals surface area contributed by atoms with Crippen LogP contribution in [0.2, 0.25) is 10.0 Å². The zero-order valence-electron chi connectivity index (χ0n) is 13.7. The van der Waals surface area contributed by atoms with Crippen molar-refractivity contribution in [2.24, 2.45) is 0 Å². The first-order valence-electron chi connectivity index (χ1n) is 7.88. The Morgan fingerprint density at radius 2 is 1.65 bits per heavy atom. The maximum absolute atomic E-state index is 12.2. The van der Waals surface area contributed by atoms with E-state index in [-0.39, 0.29) is 12.3 Å². The molecule has 0 radical (unpaired) electrons. The van der Waals surface area contributed by atoms with Crippen LogP contribution < -0.4 is 16.2 Å². The quantitative estimate of drug-likeness (QED) is 0.531. The average Bonchev–Trinajstić information content (AvgIpc) is 2.65. The molecule has 132 valence electrons. The third-order valence-corrected chi connectivity index (χ3v) is 4.22. The monoisotopic (exact) mass is 386 g/mol. The third-order valence-electron chi connectivity index (χ3n) is 3.59. The molecule has 0 aliphatic heterocycles. The van der Waals surface area contributed by atoms with Crippen LogP contribution in [0.25, 0.3) is 0 Å². The van der Waals surface area contributed by atoms with Crippen molar-refractivity contribution in [3.8, 4) is 0 Å². The number of aromatic nitrogens is 1. The van der Waals surface area contributed by atoms with E-state index in [1.807, 2.05) is 30.3 Å². The maximum Gasteiger partial charge on any atom is 0.242 e. The zero-order valence-corrected chi connectivity index (χ0v) is 15.2. The fourth-order valence-electron chi connectivity index (χ4n) is 2.34. The lowest BCUT2D eigenvalue weighted by molar-refractivity contribution is -0.119. The van der Waals surface area contributed by atoms with E-state index in [1.54, 1.807) is 36.5 Å². The van der Waals surface area contributed by atoms with Crippen molar-refractivity contribution in [2.75, 3.05) is 10.7 Å². The van der Waals surface area contributed by atoms with E-state index < -0.39 is 0 Å². The van der Waals surface area contributed by atoms with Crippen molar-refractivity contribution in [3.05, 3.63) is 82.5 Å². The first kappa shape index (κ1) is 18.0. The fourth-order valence-corrected chi connectivity index (χ4v) is 2.83. The lowest BCUT2D eigenvalue weighted by Gasteiger charge is -2.14. The summed E-state index contributed by atoms with van der Waals surface area (Å²) in [4.78, 5) is 16.3. The molecule has 5 nitrogen and oxygen atoms in total. The predicted octanol–water partition coefficient (Wildman–Crippen LogP) is 4.82. The van der Waals surface area contributed by atoms with Crippen LogP contribution >= 0.6 is 23.2 Å². The van der Waals surface area contributed by atoms with E-state index in [0.29, 0.717) is 21.6 Å². The van der Waals surface area contributed by atoms with Gasteiger partial charge in [-0.3, -0.25) is 15.6 Å². The van der Waals surface area contributed by atoms with E-state index in [4.69, 9.17) is 23.2 Å². The first-order chi connectivity index (χ1) is 12.6. The second kappa shape index (κ2) is 8.56. The molecular formula is C19H16Cl2N4O. The molecule has 3 aromatic rings. The van der Waals surface area contributed by atoms with Crippen LogP contribution in [0.3, 0.4) is 0 Å². The van der Waals surface area contributed by atoms with Crippen LogP contribution in [0.4, 0.5) is 17.2 Å². The summed E-state index contributed by atoms with van der Waals surface area (Å²) >= 11 is 12.4. The number of amides is 1. The number of hydrogen-bond donors (Lipinski definition) is 3. The zero-order chi connectivity index (χ0) is 18.4. The Bertz CT molecular complexity index is 883. The summed E-state index contributed by atoms with van der Waals surface area (Å²) in [6.45, 7) is 0. The largest absolute Gasteiger partial charge is 0.353 e. The van der Waals surface area contributed by atoms with Gasteiger partial charge in [0, 0.05) is 11.9 Å². The number of anilines is 3. The molecule has 1 amide bonds. The number of rotatable bonds is 6. The second-order valence-electron chi connectivity index (χ2n) is 5.44. The molecule has 0 aliphatic carbocycles. The van der Waals surface area contributed by atoms with E-state index in [0.717, 1.165) is 11.3 Å². The molecule has 0 atom stereocenters. The predicted molar refractivity (Wildman–Crippen MR) is 106 cm³/mol. The molecule has 7 heteroatoms. The molecule has 1 aromatic heterocycles. The molecule has 3 rings (SSSR count). The van der Waals surface area contributed by atoms with Crippen LogP contribution in [-0.2, 0) is 11.2 Å². The van der Waals surface area contributed by atoms with Crippen molar-refractivity contribution in [1.29, 1.82) is 0 Å². The number of carbonyl (C=O) groups excluding carboxylic acids is 1. The van der Waals surface area contributed by atoms with Gasteiger partial charge in [-0.2, -0.15) is 0 Å². The molecule has 0 spiro atoms. The number of hydrogen-bond acceptors (Lipinski definition) is 4. The molecule has 0 bridgehead atoms. The summed E-state index contributed by atoms with van der Waals surface area (Å²) in [6.07, 6.45) is 1.81. The second-order valence-corrected chi connectivity index (χ2v) is 6.26. The molecule has 2 aromatic carbocycles. The van der Waals surface area contributed by atoms with Gasteiger partial charge in [-0.15, -0.1) is 0 Å². The number of halogens is 2. The summed E-state index contributed by atoms with van der Waals surface area (Å²) in [7, 11) is 0. The summed E-state index contributed by atoms with van der Waals surface area (Å²) in [6, 6.07) is 18.1. The number of nitrogens with one attached hydrogen (secondary N) is 3. The standard InChI is InChI=1S/C19H16Cl2N4O/c20-14-7-5-8-15(21)19(14)23-16-9-2-1-6-13(16)12-18(26)25-24-17-10-3-4-11-22-17/h1-11,23H,12H2,(H,22,24)(H,25,26). The van der Waals surface area contributed by atoms with Crippen LogP contribution in [0.15, 0.2) is 66.9 Å². The topological polar surface area (TPSA) is 66.1 Å². The Morgan fingerprint density at radius 1 is 0.923 bits per heavy atom. The first-order valence-corrected chi connectivity index (χ1v) is 8.64. The van der Waals surface area contributed by atoms with Gasteiger partial charge in [0.15, 0.2) is 0 Å². The minimum absolute atomic E-state index is 0.172. The third kappa shape index (κ3) is 4.65. The van der Waals surface area contributed by atoms with Gasteiger partial charge in [0.25, 0.3) is 0 Å². The molecular weight excluding hydrogens is 371 g/mol. The number of carbonyl (C=O) groups is 1. The van der Waals surface area contributed by atoms with Crippen molar-refractivity contribution in [2.45, 2.75) is 6.42 Å².